The zero-order chi connectivity index (χ0) is 20.5. The first kappa shape index (κ1) is 19.8. The molecule has 1 heterocycles. The molecule has 1 fully saturated rings. The molecule has 1 saturated heterocycles. The van der Waals surface area contributed by atoms with Gasteiger partial charge in [-0.25, -0.2) is 4.39 Å². The summed E-state index contributed by atoms with van der Waals surface area (Å²) in [6.45, 7) is 4.24. The smallest absolute Gasteiger partial charge is 0.327 e. The van der Waals surface area contributed by atoms with Crippen LogP contribution >= 0.6 is 0 Å². The molecular formula is C23H24FNO3. The van der Waals surface area contributed by atoms with Gasteiger partial charge in [0.1, 0.15) is 5.82 Å². The van der Waals surface area contributed by atoms with Gasteiger partial charge in [-0.2, -0.15) is 0 Å². The standard InChI is InChI=1S/C23H24FNO3/c1-15(2)17-7-5-16(6-8-17)13-14-23(22(27)28-4)20(25(3)21(23)26)18-9-11-19(24)12-10-18/h5-15,20H,1-4H3/b14-13+/t20-,23+/m1/s1. The normalized spacial score (nSPS) is 21.9. The van der Waals surface area contributed by atoms with Gasteiger partial charge in [0.15, 0.2) is 5.41 Å². The molecule has 3 rings (SSSR count). The number of hydrogen-bond acceptors (Lipinski definition) is 3. The maximum absolute atomic E-state index is 13.3. The van der Waals surface area contributed by atoms with Crippen molar-refractivity contribution in [3.05, 3.63) is 77.1 Å². The Hall–Kier alpha value is -2.95. The largest absolute Gasteiger partial charge is 0.468 e. The molecule has 0 N–H and O–H groups in total. The lowest BCUT2D eigenvalue weighted by atomic mass is 9.67. The van der Waals surface area contributed by atoms with E-state index in [1.165, 1.54) is 29.7 Å². The van der Waals surface area contributed by atoms with Gasteiger partial charge in [0.2, 0.25) is 5.91 Å². The van der Waals surface area contributed by atoms with Crippen LogP contribution in [0.3, 0.4) is 0 Å². The number of benzene rings is 2. The number of carbonyl (C=O) groups is 2. The van der Waals surface area contributed by atoms with Crippen molar-refractivity contribution in [3.63, 3.8) is 0 Å². The molecule has 0 saturated carbocycles. The fraction of sp³-hybridized carbons (Fsp3) is 0.304. The van der Waals surface area contributed by atoms with Gasteiger partial charge in [0.05, 0.1) is 13.2 Å². The van der Waals surface area contributed by atoms with Gasteiger partial charge in [0.25, 0.3) is 0 Å². The number of rotatable bonds is 5. The molecule has 0 radical (unpaired) electrons. The Labute approximate surface area is 164 Å². The van der Waals surface area contributed by atoms with Crippen LogP contribution in [0.4, 0.5) is 4.39 Å². The highest BCUT2D eigenvalue weighted by molar-refractivity contribution is 6.11. The molecule has 0 spiro atoms. The summed E-state index contributed by atoms with van der Waals surface area (Å²) in [5.41, 5.74) is 1.31. The van der Waals surface area contributed by atoms with E-state index >= 15 is 0 Å². The molecule has 2 atom stereocenters. The Bertz CT molecular complexity index is 892. The van der Waals surface area contributed by atoms with E-state index in [0.717, 1.165) is 5.56 Å². The zero-order valence-corrected chi connectivity index (χ0v) is 16.5. The van der Waals surface area contributed by atoms with Crippen LogP contribution < -0.4 is 0 Å². The predicted octanol–water partition coefficient (Wildman–Crippen LogP) is 4.34. The highest BCUT2D eigenvalue weighted by Gasteiger charge is 2.64. The number of likely N-dealkylation sites (tertiary alicyclic amines) is 1. The zero-order valence-electron chi connectivity index (χ0n) is 16.5. The van der Waals surface area contributed by atoms with Gasteiger partial charge in [-0.05, 0) is 34.7 Å². The quantitative estimate of drug-likeness (QED) is 0.440. The van der Waals surface area contributed by atoms with Crippen molar-refractivity contribution in [2.75, 3.05) is 14.2 Å². The Morgan fingerprint density at radius 2 is 1.75 bits per heavy atom. The predicted molar refractivity (Wildman–Crippen MR) is 106 cm³/mol. The highest BCUT2D eigenvalue weighted by Crippen LogP contribution is 2.51. The molecule has 0 bridgehead atoms. The minimum absolute atomic E-state index is 0.344. The van der Waals surface area contributed by atoms with Gasteiger partial charge < -0.3 is 9.64 Å². The Morgan fingerprint density at radius 1 is 1.14 bits per heavy atom. The van der Waals surface area contributed by atoms with Crippen molar-refractivity contribution in [2.24, 2.45) is 5.41 Å². The second-order valence-electron chi connectivity index (χ2n) is 7.39. The third-order valence-electron chi connectivity index (χ3n) is 5.34. The van der Waals surface area contributed by atoms with Crippen molar-refractivity contribution in [3.8, 4) is 0 Å². The van der Waals surface area contributed by atoms with Gasteiger partial charge in [-0.3, -0.25) is 9.59 Å². The molecule has 1 aliphatic rings. The topological polar surface area (TPSA) is 46.6 Å². The monoisotopic (exact) mass is 381 g/mol. The second kappa shape index (κ2) is 7.58. The lowest BCUT2D eigenvalue weighted by Gasteiger charge is -2.51. The number of carbonyl (C=O) groups excluding carboxylic acids is 2. The number of amides is 1. The van der Waals surface area contributed by atoms with E-state index in [2.05, 4.69) is 13.8 Å². The van der Waals surface area contributed by atoms with E-state index in [0.29, 0.717) is 11.5 Å². The van der Waals surface area contributed by atoms with E-state index in [1.807, 2.05) is 24.3 Å². The lowest BCUT2D eigenvalue weighted by Crippen LogP contribution is -2.64. The molecule has 0 aliphatic carbocycles. The van der Waals surface area contributed by atoms with Crippen LogP contribution in [0, 0.1) is 11.2 Å². The van der Waals surface area contributed by atoms with Crippen molar-refractivity contribution in [1.82, 2.24) is 4.90 Å². The SMILES string of the molecule is COC(=O)[C@]1(/C=C/c2ccc(C(C)C)cc2)C(=O)N(C)[C@@H]1c1ccc(F)cc1. The van der Waals surface area contributed by atoms with Crippen molar-refractivity contribution in [2.45, 2.75) is 25.8 Å². The average molecular weight is 381 g/mol. The van der Waals surface area contributed by atoms with Crippen molar-refractivity contribution >= 4 is 18.0 Å². The second-order valence-corrected chi connectivity index (χ2v) is 7.39. The number of ether oxygens (including phenoxy) is 1. The summed E-state index contributed by atoms with van der Waals surface area (Å²) >= 11 is 0. The minimum atomic E-state index is -1.46. The number of β-lactam (4-membered cyclic amide) rings is 1. The van der Waals surface area contributed by atoms with Crippen LogP contribution in [0.1, 0.15) is 42.5 Å². The molecule has 4 nitrogen and oxygen atoms in total. The average Bonchev–Trinajstić information content (AvgIpc) is 2.71. The molecule has 5 heteroatoms. The van der Waals surface area contributed by atoms with E-state index in [1.54, 1.807) is 31.3 Å². The maximum Gasteiger partial charge on any atom is 0.327 e. The molecule has 2 aromatic carbocycles. The Balaban J connectivity index is 2.00. The van der Waals surface area contributed by atoms with Gasteiger partial charge in [-0.15, -0.1) is 0 Å². The molecule has 2 aromatic rings. The molecule has 0 aromatic heterocycles. The highest BCUT2D eigenvalue weighted by atomic mass is 19.1. The first-order valence-electron chi connectivity index (χ1n) is 9.21. The van der Waals surface area contributed by atoms with E-state index < -0.39 is 17.4 Å². The number of esters is 1. The van der Waals surface area contributed by atoms with Crippen LogP contribution in [0.2, 0.25) is 0 Å². The molecule has 28 heavy (non-hydrogen) atoms. The van der Waals surface area contributed by atoms with E-state index in [-0.39, 0.29) is 11.7 Å². The lowest BCUT2D eigenvalue weighted by molar-refractivity contribution is -0.180. The molecule has 1 aliphatic heterocycles. The third kappa shape index (κ3) is 3.21. The van der Waals surface area contributed by atoms with Gasteiger partial charge in [-0.1, -0.05) is 62.4 Å². The molecule has 146 valence electrons. The summed E-state index contributed by atoms with van der Waals surface area (Å²) in [5.74, 6) is -0.922. The van der Waals surface area contributed by atoms with Crippen LogP contribution in [0.5, 0.6) is 0 Å². The summed E-state index contributed by atoms with van der Waals surface area (Å²) < 4.78 is 18.3. The fourth-order valence-corrected chi connectivity index (χ4v) is 3.71. The Kier molecular flexibility index (Phi) is 5.36. The van der Waals surface area contributed by atoms with Crippen molar-refractivity contribution in [1.29, 1.82) is 0 Å². The van der Waals surface area contributed by atoms with Crippen LogP contribution in [0.15, 0.2) is 54.6 Å². The van der Waals surface area contributed by atoms with Crippen molar-refractivity contribution < 1.29 is 18.7 Å². The molecule has 0 unspecified atom stereocenters. The van der Waals surface area contributed by atoms with Crippen LogP contribution in [-0.2, 0) is 14.3 Å². The van der Waals surface area contributed by atoms with Crippen LogP contribution in [0.25, 0.3) is 6.08 Å². The first-order valence-corrected chi connectivity index (χ1v) is 9.21. The maximum atomic E-state index is 13.3. The molecule has 1 amide bonds. The summed E-state index contributed by atoms with van der Waals surface area (Å²) in [6.07, 6.45) is 3.38. The summed E-state index contributed by atoms with van der Waals surface area (Å²) in [5, 5.41) is 0. The van der Waals surface area contributed by atoms with Crippen LogP contribution in [-0.4, -0.2) is 30.9 Å². The fourth-order valence-electron chi connectivity index (χ4n) is 3.71. The first-order chi connectivity index (χ1) is 13.3. The van der Waals surface area contributed by atoms with Gasteiger partial charge in [0, 0.05) is 7.05 Å². The third-order valence-corrected chi connectivity index (χ3v) is 5.34. The number of hydrogen-bond donors (Lipinski definition) is 0. The Morgan fingerprint density at radius 3 is 2.29 bits per heavy atom. The molecular weight excluding hydrogens is 357 g/mol. The summed E-state index contributed by atoms with van der Waals surface area (Å²) in [4.78, 5) is 27.0. The summed E-state index contributed by atoms with van der Waals surface area (Å²) in [7, 11) is 2.89. The minimum Gasteiger partial charge on any atom is -0.468 e. The van der Waals surface area contributed by atoms with E-state index in [9.17, 15) is 14.0 Å². The van der Waals surface area contributed by atoms with E-state index in [4.69, 9.17) is 4.74 Å². The number of halogens is 1. The summed E-state index contributed by atoms with van der Waals surface area (Å²) in [6, 6.07) is 13.2. The number of methoxy groups -OCH3 is 1. The number of nitrogens with zero attached hydrogens (tertiary/aromatic N) is 1. The van der Waals surface area contributed by atoms with Gasteiger partial charge >= 0.3 is 5.97 Å².